The molecule has 0 amide bonds. The highest BCUT2D eigenvalue weighted by Gasteiger charge is 2.11. The van der Waals surface area contributed by atoms with Gasteiger partial charge in [0.25, 0.3) is 0 Å². The third-order valence-electron chi connectivity index (χ3n) is 3.16. The second kappa shape index (κ2) is 5.30. The van der Waals surface area contributed by atoms with E-state index in [-0.39, 0.29) is 6.61 Å². The summed E-state index contributed by atoms with van der Waals surface area (Å²) >= 11 is 0. The summed E-state index contributed by atoms with van der Waals surface area (Å²) in [6, 6.07) is 9.45. The lowest BCUT2D eigenvalue weighted by Crippen LogP contribution is -2.00. The summed E-state index contributed by atoms with van der Waals surface area (Å²) in [4.78, 5) is 8.67. The summed E-state index contributed by atoms with van der Waals surface area (Å²) in [5.41, 5.74) is 3.16. The van der Waals surface area contributed by atoms with Gasteiger partial charge in [0.05, 0.1) is 23.7 Å². The number of hydrogen-bond donors (Lipinski definition) is 1. The minimum atomic E-state index is -0.0449. The predicted molar refractivity (Wildman–Crippen MR) is 74.4 cm³/mol. The minimum Gasteiger partial charge on any atom is -0.483 e. The molecule has 3 rings (SSSR count). The highest BCUT2D eigenvalue weighted by atomic mass is 16.5. The minimum absolute atomic E-state index is 0.0449. The summed E-state index contributed by atoms with van der Waals surface area (Å²) in [5.74, 6) is 0.681. The fourth-order valence-electron chi connectivity index (χ4n) is 2.14. The quantitative estimate of drug-likeness (QED) is 0.788. The number of aliphatic hydroxyl groups is 1. The van der Waals surface area contributed by atoms with Crippen LogP contribution >= 0.6 is 0 Å². The summed E-state index contributed by atoms with van der Waals surface area (Å²) < 4.78 is 7.64. The van der Waals surface area contributed by atoms with Crippen LogP contribution in [-0.4, -0.2) is 19.5 Å². The third-order valence-corrected chi connectivity index (χ3v) is 3.16. The van der Waals surface area contributed by atoms with Gasteiger partial charge >= 0.3 is 0 Å². The summed E-state index contributed by atoms with van der Waals surface area (Å²) in [6.07, 6.45) is 3.61. The molecule has 1 N–H and O–H groups in total. The standard InChI is InChI=1S/C15H15N3O2/c1-11-13(9-19)18-8-4-6-14(15(18)17-11)20-10-12-5-2-3-7-16-12/h2-8,19H,9-10H2,1H3. The Kier molecular flexibility index (Phi) is 3.35. The first-order valence-corrected chi connectivity index (χ1v) is 6.39. The van der Waals surface area contributed by atoms with Crippen LogP contribution in [0.15, 0.2) is 42.7 Å². The molecular weight excluding hydrogens is 254 g/mol. The molecule has 0 bridgehead atoms. The molecule has 0 aliphatic carbocycles. The van der Waals surface area contributed by atoms with Gasteiger partial charge in [0.2, 0.25) is 0 Å². The van der Waals surface area contributed by atoms with E-state index in [1.54, 1.807) is 6.20 Å². The molecule has 0 unspecified atom stereocenters. The number of rotatable bonds is 4. The van der Waals surface area contributed by atoms with E-state index in [1.165, 1.54) is 0 Å². The van der Waals surface area contributed by atoms with E-state index in [2.05, 4.69) is 9.97 Å². The zero-order valence-electron chi connectivity index (χ0n) is 11.2. The largest absolute Gasteiger partial charge is 0.483 e. The lowest BCUT2D eigenvalue weighted by Gasteiger charge is -2.07. The maximum atomic E-state index is 9.39. The van der Waals surface area contributed by atoms with Crippen molar-refractivity contribution in [3.05, 3.63) is 59.8 Å². The molecule has 0 aromatic carbocycles. The molecule has 3 aromatic rings. The van der Waals surface area contributed by atoms with Gasteiger partial charge in [-0.05, 0) is 31.2 Å². The van der Waals surface area contributed by atoms with Crippen LogP contribution in [0.1, 0.15) is 17.1 Å². The first kappa shape index (κ1) is 12.6. The average molecular weight is 269 g/mol. The lowest BCUT2D eigenvalue weighted by molar-refractivity contribution is 0.274. The van der Waals surface area contributed by atoms with Crippen LogP contribution in [0, 0.1) is 6.92 Å². The van der Waals surface area contributed by atoms with Gasteiger partial charge in [-0.2, -0.15) is 0 Å². The molecule has 0 saturated carbocycles. The number of fused-ring (bicyclic) bond motifs is 1. The molecule has 0 spiro atoms. The van der Waals surface area contributed by atoms with Gasteiger partial charge in [-0.1, -0.05) is 6.07 Å². The van der Waals surface area contributed by atoms with Crippen molar-refractivity contribution in [1.29, 1.82) is 0 Å². The Morgan fingerprint density at radius 3 is 2.90 bits per heavy atom. The van der Waals surface area contributed by atoms with Gasteiger partial charge in [-0.3, -0.25) is 9.38 Å². The van der Waals surface area contributed by atoms with E-state index in [4.69, 9.17) is 4.74 Å². The van der Waals surface area contributed by atoms with E-state index in [0.29, 0.717) is 18.0 Å². The average Bonchev–Trinajstić information content (AvgIpc) is 2.82. The first-order chi connectivity index (χ1) is 9.79. The Bertz CT molecular complexity index is 723. The molecule has 20 heavy (non-hydrogen) atoms. The van der Waals surface area contributed by atoms with E-state index in [9.17, 15) is 5.11 Å². The van der Waals surface area contributed by atoms with Crippen molar-refractivity contribution in [1.82, 2.24) is 14.4 Å². The zero-order valence-corrected chi connectivity index (χ0v) is 11.2. The number of aliphatic hydroxyl groups excluding tert-OH is 1. The van der Waals surface area contributed by atoms with Crippen molar-refractivity contribution in [3.8, 4) is 5.75 Å². The number of pyridine rings is 2. The van der Waals surface area contributed by atoms with Crippen LogP contribution in [0.5, 0.6) is 5.75 Å². The van der Waals surface area contributed by atoms with E-state index >= 15 is 0 Å². The molecule has 3 heterocycles. The smallest absolute Gasteiger partial charge is 0.180 e. The molecule has 3 aromatic heterocycles. The van der Waals surface area contributed by atoms with Crippen LogP contribution in [0.4, 0.5) is 0 Å². The Balaban J connectivity index is 1.92. The molecule has 0 aliphatic heterocycles. The van der Waals surface area contributed by atoms with Crippen LogP contribution in [-0.2, 0) is 13.2 Å². The highest BCUT2D eigenvalue weighted by molar-refractivity contribution is 5.56. The van der Waals surface area contributed by atoms with Gasteiger partial charge in [-0.15, -0.1) is 0 Å². The van der Waals surface area contributed by atoms with Gasteiger partial charge in [0.1, 0.15) is 6.61 Å². The normalized spacial score (nSPS) is 10.9. The van der Waals surface area contributed by atoms with E-state index in [1.807, 2.05) is 47.9 Å². The van der Waals surface area contributed by atoms with Crippen molar-refractivity contribution in [2.24, 2.45) is 0 Å². The van der Waals surface area contributed by atoms with Crippen LogP contribution in [0.2, 0.25) is 0 Å². The highest BCUT2D eigenvalue weighted by Crippen LogP contribution is 2.22. The second-order valence-electron chi connectivity index (χ2n) is 4.48. The Labute approximate surface area is 116 Å². The molecule has 0 saturated heterocycles. The number of hydrogen-bond acceptors (Lipinski definition) is 4. The number of ether oxygens (including phenoxy) is 1. The third kappa shape index (κ3) is 2.23. The molecule has 0 atom stereocenters. The zero-order chi connectivity index (χ0) is 13.9. The molecule has 5 heteroatoms. The molecule has 0 aliphatic rings. The molecule has 0 radical (unpaired) electrons. The number of aryl methyl sites for hydroxylation is 1. The SMILES string of the molecule is Cc1nc2c(OCc3ccccn3)cccn2c1CO. The summed E-state index contributed by atoms with van der Waals surface area (Å²) in [6.45, 7) is 2.22. The van der Waals surface area contributed by atoms with Gasteiger partial charge in [-0.25, -0.2) is 4.98 Å². The van der Waals surface area contributed by atoms with Gasteiger partial charge < -0.3 is 9.84 Å². The summed E-state index contributed by atoms with van der Waals surface area (Å²) in [7, 11) is 0. The second-order valence-corrected chi connectivity index (χ2v) is 4.48. The number of nitrogens with zero attached hydrogens (tertiary/aromatic N) is 3. The van der Waals surface area contributed by atoms with Gasteiger partial charge in [0, 0.05) is 12.4 Å². The monoisotopic (exact) mass is 269 g/mol. The van der Waals surface area contributed by atoms with E-state index in [0.717, 1.165) is 17.1 Å². The van der Waals surface area contributed by atoms with Crippen molar-refractivity contribution in [2.45, 2.75) is 20.1 Å². The Morgan fingerprint density at radius 2 is 2.15 bits per heavy atom. The van der Waals surface area contributed by atoms with Crippen molar-refractivity contribution in [2.75, 3.05) is 0 Å². The molecular formula is C15H15N3O2. The number of imidazole rings is 1. The fraction of sp³-hybridized carbons (Fsp3) is 0.200. The Morgan fingerprint density at radius 1 is 1.25 bits per heavy atom. The topological polar surface area (TPSA) is 59.7 Å². The van der Waals surface area contributed by atoms with Crippen LogP contribution < -0.4 is 4.74 Å². The van der Waals surface area contributed by atoms with Crippen molar-refractivity contribution >= 4 is 5.65 Å². The maximum absolute atomic E-state index is 9.39. The van der Waals surface area contributed by atoms with Crippen LogP contribution in [0.3, 0.4) is 0 Å². The van der Waals surface area contributed by atoms with Crippen molar-refractivity contribution < 1.29 is 9.84 Å². The number of aromatic nitrogens is 3. The van der Waals surface area contributed by atoms with Gasteiger partial charge in [0.15, 0.2) is 11.4 Å². The van der Waals surface area contributed by atoms with Crippen LogP contribution in [0.25, 0.3) is 5.65 Å². The Hall–Kier alpha value is -2.40. The molecule has 0 fully saturated rings. The predicted octanol–water partition coefficient (Wildman–Crippen LogP) is 2.11. The molecule has 5 nitrogen and oxygen atoms in total. The lowest BCUT2D eigenvalue weighted by atomic mass is 10.3. The van der Waals surface area contributed by atoms with Crippen molar-refractivity contribution in [3.63, 3.8) is 0 Å². The maximum Gasteiger partial charge on any atom is 0.180 e. The summed E-state index contributed by atoms with van der Waals surface area (Å²) in [5, 5.41) is 9.39. The first-order valence-electron chi connectivity index (χ1n) is 6.39. The fourth-order valence-corrected chi connectivity index (χ4v) is 2.14. The molecule has 102 valence electrons. The van der Waals surface area contributed by atoms with E-state index < -0.39 is 0 Å².